The lowest BCUT2D eigenvalue weighted by molar-refractivity contribution is 0.0894. The zero-order chi connectivity index (χ0) is 19.6. The molecule has 146 valence electrons. The first-order valence-electron chi connectivity index (χ1n) is 9.20. The molecule has 0 aliphatic carbocycles. The maximum absolute atomic E-state index is 10.5. The molecule has 1 aromatic carbocycles. The Bertz CT molecular complexity index is 582. The number of hydrogen-bond donors (Lipinski definition) is 1. The normalized spacial score (nSPS) is 14.3. The predicted octanol–water partition coefficient (Wildman–Crippen LogP) is 6.52. The summed E-state index contributed by atoms with van der Waals surface area (Å²) in [6.07, 6.45) is 2.18. The fraction of sp³-hybridized carbons (Fsp3) is 0.650. The van der Waals surface area contributed by atoms with Crippen LogP contribution in [0.5, 0.6) is 0 Å². The van der Waals surface area contributed by atoms with Gasteiger partial charge in [-0.15, -0.1) is 0 Å². The minimum Gasteiger partial charge on any atom is -0.450 e. The van der Waals surface area contributed by atoms with Crippen LogP contribution in [0, 0.1) is 0 Å². The molecule has 26 heavy (non-hydrogen) atoms. The van der Waals surface area contributed by atoms with E-state index in [1.54, 1.807) is 11.8 Å². The number of thioether (sulfide) groups is 1. The number of ether oxygens (including phenoxy) is 1. The van der Waals surface area contributed by atoms with Crippen LogP contribution in [0.4, 0.5) is 4.79 Å². The average molecular weight is 381 g/mol. The van der Waals surface area contributed by atoms with Gasteiger partial charge in [-0.3, -0.25) is 0 Å². The van der Waals surface area contributed by atoms with E-state index < -0.39 is 11.0 Å². The van der Waals surface area contributed by atoms with Crippen molar-refractivity contribution in [2.24, 2.45) is 10.2 Å². The van der Waals surface area contributed by atoms with E-state index in [4.69, 9.17) is 5.11 Å². The van der Waals surface area contributed by atoms with Gasteiger partial charge in [0.25, 0.3) is 0 Å². The zero-order valence-electron chi connectivity index (χ0n) is 16.6. The molecule has 0 spiro atoms. The Balaban J connectivity index is 2.79. The van der Waals surface area contributed by atoms with Gasteiger partial charge in [0, 0.05) is 4.90 Å². The summed E-state index contributed by atoms with van der Waals surface area (Å²) in [7, 11) is 0. The summed E-state index contributed by atoms with van der Waals surface area (Å²) in [4.78, 5) is 11.2. The van der Waals surface area contributed by atoms with Crippen LogP contribution in [0.3, 0.4) is 0 Å². The molecule has 1 atom stereocenters. The first-order chi connectivity index (χ1) is 12.2. The second kappa shape index (κ2) is 10.6. The van der Waals surface area contributed by atoms with E-state index >= 15 is 0 Å². The lowest BCUT2D eigenvalue weighted by Gasteiger charge is -2.24. The van der Waals surface area contributed by atoms with Crippen molar-refractivity contribution in [2.75, 3.05) is 13.2 Å². The number of nitrogens with zero attached hydrogens (tertiary/aromatic N) is 2. The van der Waals surface area contributed by atoms with Crippen LogP contribution in [0.1, 0.15) is 65.9 Å². The monoisotopic (exact) mass is 380 g/mol. The standard InChI is InChI=1S/C20H32N2O3S/c1-6-7-14-21-22-20(5,13-8-15-25-18(23)24)26-17-11-9-16(10-12-17)19(2,3)4/h9-12H,6-8,13-15H2,1-5H3,(H,23,24). The van der Waals surface area contributed by atoms with Crippen molar-refractivity contribution < 1.29 is 14.6 Å². The molecule has 0 aromatic heterocycles. The van der Waals surface area contributed by atoms with Crippen LogP contribution < -0.4 is 0 Å². The van der Waals surface area contributed by atoms with Gasteiger partial charge in [-0.05, 0) is 49.3 Å². The van der Waals surface area contributed by atoms with E-state index in [9.17, 15) is 4.79 Å². The van der Waals surface area contributed by atoms with Gasteiger partial charge in [-0.1, -0.05) is 58.0 Å². The van der Waals surface area contributed by atoms with E-state index in [1.165, 1.54) is 5.56 Å². The third-order valence-electron chi connectivity index (χ3n) is 3.96. The average Bonchev–Trinajstić information content (AvgIpc) is 2.55. The molecule has 0 fully saturated rings. The zero-order valence-corrected chi connectivity index (χ0v) is 17.4. The molecular weight excluding hydrogens is 348 g/mol. The first kappa shape index (κ1) is 22.5. The number of azo groups is 1. The van der Waals surface area contributed by atoms with Crippen molar-refractivity contribution in [3.05, 3.63) is 29.8 Å². The lowest BCUT2D eigenvalue weighted by atomic mass is 9.87. The van der Waals surface area contributed by atoms with E-state index in [-0.39, 0.29) is 12.0 Å². The molecule has 0 saturated carbocycles. The lowest BCUT2D eigenvalue weighted by Crippen LogP contribution is -2.18. The highest BCUT2D eigenvalue weighted by molar-refractivity contribution is 8.00. The number of carboxylic acid groups (broad SMARTS) is 1. The smallest absolute Gasteiger partial charge is 0.450 e. The van der Waals surface area contributed by atoms with Gasteiger partial charge in [0.15, 0.2) is 0 Å². The summed E-state index contributed by atoms with van der Waals surface area (Å²) in [6.45, 7) is 11.7. The van der Waals surface area contributed by atoms with Crippen molar-refractivity contribution in [1.29, 1.82) is 0 Å². The molecule has 5 nitrogen and oxygen atoms in total. The maximum Gasteiger partial charge on any atom is 0.505 e. The van der Waals surface area contributed by atoms with Crippen molar-refractivity contribution in [2.45, 2.75) is 75.5 Å². The molecule has 1 unspecified atom stereocenters. The Hall–Kier alpha value is -1.56. The van der Waals surface area contributed by atoms with Crippen molar-refractivity contribution >= 4 is 17.9 Å². The topological polar surface area (TPSA) is 71.2 Å². The van der Waals surface area contributed by atoms with E-state index in [2.05, 4.69) is 66.9 Å². The largest absolute Gasteiger partial charge is 0.505 e. The molecule has 1 N–H and O–H groups in total. The number of rotatable bonds is 10. The van der Waals surface area contributed by atoms with Crippen LogP contribution in [0.25, 0.3) is 0 Å². The Morgan fingerprint density at radius 1 is 1.15 bits per heavy atom. The Morgan fingerprint density at radius 2 is 1.81 bits per heavy atom. The van der Waals surface area contributed by atoms with E-state index in [0.717, 1.165) is 24.3 Å². The van der Waals surface area contributed by atoms with Gasteiger partial charge < -0.3 is 9.84 Å². The van der Waals surface area contributed by atoms with Crippen LogP contribution in [-0.2, 0) is 10.2 Å². The minimum atomic E-state index is -1.23. The molecule has 1 rings (SSSR count). The molecule has 0 radical (unpaired) electrons. The molecule has 0 aliphatic rings. The van der Waals surface area contributed by atoms with Crippen LogP contribution in [0.2, 0.25) is 0 Å². The third kappa shape index (κ3) is 8.70. The summed E-state index contributed by atoms with van der Waals surface area (Å²) < 4.78 is 4.62. The van der Waals surface area contributed by atoms with Gasteiger partial charge >= 0.3 is 6.16 Å². The molecule has 0 aliphatic heterocycles. The molecule has 0 bridgehead atoms. The van der Waals surface area contributed by atoms with Crippen LogP contribution >= 0.6 is 11.8 Å². The fourth-order valence-electron chi connectivity index (χ4n) is 2.39. The molecule has 0 heterocycles. The van der Waals surface area contributed by atoms with Crippen LogP contribution in [0.15, 0.2) is 39.4 Å². The van der Waals surface area contributed by atoms with Gasteiger partial charge in [0.2, 0.25) is 0 Å². The van der Waals surface area contributed by atoms with Gasteiger partial charge in [-0.25, -0.2) is 4.79 Å². The Morgan fingerprint density at radius 3 is 2.35 bits per heavy atom. The Labute approximate surface area is 161 Å². The second-order valence-corrected chi connectivity index (χ2v) is 9.14. The highest BCUT2D eigenvalue weighted by Crippen LogP contribution is 2.38. The maximum atomic E-state index is 10.5. The third-order valence-corrected chi connectivity index (χ3v) is 5.20. The number of unbranched alkanes of at least 4 members (excludes halogenated alkanes) is 1. The number of carbonyl (C=O) groups is 1. The second-order valence-electron chi connectivity index (χ2n) is 7.59. The molecule has 6 heteroatoms. The van der Waals surface area contributed by atoms with Crippen molar-refractivity contribution in [3.63, 3.8) is 0 Å². The SMILES string of the molecule is CCCCN=NC(C)(CCCOC(=O)O)Sc1ccc(C(C)(C)C)cc1. The van der Waals surface area contributed by atoms with E-state index in [0.29, 0.717) is 12.8 Å². The van der Waals surface area contributed by atoms with Crippen LogP contribution in [-0.4, -0.2) is 29.3 Å². The summed E-state index contributed by atoms with van der Waals surface area (Å²) in [5.41, 5.74) is 1.42. The Kier molecular flexibility index (Phi) is 9.13. The highest BCUT2D eigenvalue weighted by Gasteiger charge is 2.26. The van der Waals surface area contributed by atoms with Gasteiger partial charge in [-0.2, -0.15) is 10.2 Å². The summed E-state index contributed by atoms with van der Waals surface area (Å²) >= 11 is 1.66. The quantitative estimate of drug-likeness (QED) is 0.217. The highest BCUT2D eigenvalue weighted by atomic mass is 32.2. The summed E-state index contributed by atoms with van der Waals surface area (Å²) in [6, 6.07) is 8.56. The van der Waals surface area contributed by atoms with Crippen molar-refractivity contribution in [3.8, 4) is 0 Å². The predicted molar refractivity (Wildman–Crippen MR) is 107 cm³/mol. The number of hydrogen-bond acceptors (Lipinski definition) is 5. The summed E-state index contributed by atoms with van der Waals surface area (Å²) in [5, 5.41) is 17.5. The fourth-order valence-corrected chi connectivity index (χ4v) is 3.51. The first-order valence-corrected chi connectivity index (χ1v) is 10.0. The van der Waals surface area contributed by atoms with Gasteiger partial charge in [0.05, 0.1) is 13.2 Å². The minimum absolute atomic E-state index is 0.126. The molecular formula is C20H32N2O3S. The molecule has 0 amide bonds. The van der Waals surface area contributed by atoms with Crippen molar-refractivity contribution in [1.82, 2.24) is 0 Å². The molecule has 1 aromatic rings. The molecule has 0 saturated heterocycles. The van der Waals surface area contributed by atoms with Gasteiger partial charge in [0.1, 0.15) is 4.87 Å². The summed E-state index contributed by atoms with van der Waals surface area (Å²) in [5.74, 6) is 0. The van der Waals surface area contributed by atoms with E-state index in [1.807, 2.05) is 6.92 Å². The number of benzene rings is 1.